The molecule has 214 valence electrons. The normalized spacial score (nSPS) is 13.3. The van der Waals surface area contributed by atoms with Crippen LogP contribution in [0.5, 0.6) is 5.75 Å². The lowest BCUT2D eigenvalue weighted by Gasteiger charge is -2.24. The van der Waals surface area contributed by atoms with Crippen LogP contribution in [-0.4, -0.2) is 30.0 Å². The summed E-state index contributed by atoms with van der Waals surface area (Å²) in [5.74, 6) is -0.139. The van der Waals surface area contributed by atoms with Crippen molar-refractivity contribution in [3.8, 4) is 17.0 Å². The van der Waals surface area contributed by atoms with E-state index in [1.807, 2.05) is 6.07 Å². The molecule has 0 aliphatic rings. The lowest BCUT2D eigenvalue weighted by molar-refractivity contribution is -0.141. The monoisotopic (exact) mass is 556 g/mol. The van der Waals surface area contributed by atoms with Crippen LogP contribution in [0, 0.1) is 5.41 Å². The van der Waals surface area contributed by atoms with E-state index >= 15 is 0 Å². The van der Waals surface area contributed by atoms with Gasteiger partial charge >= 0.3 is 12.1 Å². The molecule has 0 spiro atoms. The molecule has 1 heterocycles. The molecular formula is C31H35F3N2O4. The molecular weight excluding hydrogens is 521 g/mol. The Morgan fingerprint density at radius 1 is 0.950 bits per heavy atom. The van der Waals surface area contributed by atoms with Crippen molar-refractivity contribution in [2.75, 3.05) is 7.11 Å². The van der Waals surface area contributed by atoms with Crippen LogP contribution in [0.1, 0.15) is 74.5 Å². The third-order valence-corrected chi connectivity index (χ3v) is 6.30. The van der Waals surface area contributed by atoms with Gasteiger partial charge in [-0.1, -0.05) is 39.0 Å². The summed E-state index contributed by atoms with van der Waals surface area (Å²) in [5, 5.41) is 2.77. The summed E-state index contributed by atoms with van der Waals surface area (Å²) in [6, 6.07) is 14.9. The highest BCUT2D eigenvalue weighted by Crippen LogP contribution is 2.33. The summed E-state index contributed by atoms with van der Waals surface area (Å²) >= 11 is 0. The number of alkyl halides is 3. The van der Waals surface area contributed by atoms with Crippen molar-refractivity contribution >= 4 is 11.9 Å². The predicted molar refractivity (Wildman–Crippen MR) is 147 cm³/mol. The average molecular weight is 557 g/mol. The Bertz CT molecular complexity index is 1270. The number of hydrogen-bond acceptors (Lipinski definition) is 5. The van der Waals surface area contributed by atoms with Crippen LogP contribution < -0.4 is 10.1 Å². The van der Waals surface area contributed by atoms with E-state index in [1.165, 1.54) is 19.2 Å². The number of nitrogens with one attached hydrogen (secondary N) is 1. The maximum absolute atomic E-state index is 12.9. The molecule has 0 saturated carbocycles. The molecule has 2 aromatic carbocycles. The van der Waals surface area contributed by atoms with E-state index in [4.69, 9.17) is 4.74 Å². The van der Waals surface area contributed by atoms with Gasteiger partial charge in [-0.3, -0.25) is 14.6 Å². The number of carbonyl (C=O) groups is 2. The summed E-state index contributed by atoms with van der Waals surface area (Å²) < 4.78 is 49.7. The average Bonchev–Trinajstić information content (AvgIpc) is 2.90. The molecule has 40 heavy (non-hydrogen) atoms. The van der Waals surface area contributed by atoms with Gasteiger partial charge in [0.15, 0.2) is 0 Å². The Morgan fingerprint density at radius 3 is 2.12 bits per heavy atom. The Labute approximate surface area is 232 Å². The first kappa shape index (κ1) is 30.7. The van der Waals surface area contributed by atoms with Gasteiger partial charge in [-0.2, -0.15) is 13.2 Å². The third kappa shape index (κ3) is 9.10. The molecule has 0 bridgehead atoms. The maximum atomic E-state index is 12.9. The molecule has 1 amide bonds. The number of methoxy groups -OCH3 is 1. The van der Waals surface area contributed by atoms with Crippen LogP contribution in [0.25, 0.3) is 11.3 Å². The fourth-order valence-electron chi connectivity index (χ4n) is 3.99. The summed E-state index contributed by atoms with van der Waals surface area (Å²) in [6.07, 6.45) is -1.38. The number of carbonyl (C=O) groups excluding carboxylic acids is 2. The summed E-state index contributed by atoms with van der Waals surface area (Å²) in [6.45, 7) is 8.16. The molecule has 3 rings (SSSR count). The molecule has 6 nitrogen and oxygen atoms in total. The molecule has 9 heteroatoms. The molecule has 0 radical (unpaired) electrons. The molecule has 2 atom stereocenters. The summed E-state index contributed by atoms with van der Waals surface area (Å²) in [7, 11) is 1.30. The van der Waals surface area contributed by atoms with E-state index in [-0.39, 0.29) is 29.9 Å². The van der Waals surface area contributed by atoms with Gasteiger partial charge in [0.05, 0.1) is 24.8 Å². The highest BCUT2D eigenvalue weighted by molar-refractivity contribution is 5.94. The van der Waals surface area contributed by atoms with Crippen LogP contribution >= 0.6 is 0 Å². The van der Waals surface area contributed by atoms with Crippen molar-refractivity contribution in [1.82, 2.24) is 10.3 Å². The third-order valence-electron chi connectivity index (χ3n) is 6.30. The number of ether oxygens (including phenoxy) is 2. The Balaban J connectivity index is 1.73. The smallest absolute Gasteiger partial charge is 0.416 e. The number of esters is 1. The minimum Gasteiger partial charge on any atom is -0.486 e. The van der Waals surface area contributed by atoms with Gasteiger partial charge in [0, 0.05) is 28.9 Å². The first-order valence-corrected chi connectivity index (χ1v) is 13.0. The lowest BCUT2D eigenvalue weighted by atomic mass is 9.88. The Kier molecular flexibility index (Phi) is 9.95. The first-order valence-electron chi connectivity index (χ1n) is 13.0. The number of hydrogen-bond donors (Lipinski definition) is 1. The van der Waals surface area contributed by atoms with E-state index in [1.54, 1.807) is 43.5 Å². The number of pyridine rings is 1. The van der Waals surface area contributed by atoms with Gasteiger partial charge in [0.2, 0.25) is 0 Å². The van der Waals surface area contributed by atoms with Crippen molar-refractivity contribution < 1.29 is 32.2 Å². The quantitative estimate of drug-likeness (QED) is 0.264. The van der Waals surface area contributed by atoms with E-state index in [9.17, 15) is 22.8 Å². The minimum atomic E-state index is -4.39. The van der Waals surface area contributed by atoms with E-state index < -0.39 is 17.7 Å². The summed E-state index contributed by atoms with van der Waals surface area (Å²) in [5.41, 5.74) is 1.77. The zero-order chi connectivity index (χ0) is 29.5. The molecule has 1 aromatic heterocycles. The minimum absolute atomic E-state index is 0.0675. The molecule has 0 aliphatic heterocycles. The molecule has 0 saturated heterocycles. The molecule has 3 aromatic rings. The second-order valence-corrected chi connectivity index (χ2v) is 10.9. The van der Waals surface area contributed by atoms with Gasteiger partial charge in [-0.25, -0.2) is 0 Å². The number of amides is 1. The zero-order valence-corrected chi connectivity index (χ0v) is 23.3. The van der Waals surface area contributed by atoms with Crippen molar-refractivity contribution in [3.05, 3.63) is 83.6 Å². The number of aromatic nitrogens is 1. The number of rotatable bonds is 10. The van der Waals surface area contributed by atoms with Crippen molar-refractivity contribution in [3.63, 3.8) is 0 Å². The second kappa shape index (κ2) is 13.0. The fourth-order valence-corrected chi connectivity index (χ4v) is 3.99. The summed E-state index contributed by atoms with van der Waals surface area (Å²) in [4.78, 5) is 28.5. The van der Waals surface area contributed by atoms with Crippen LogP contribution in [0.4, 0.5) is 13.2 Å². The molecule has 1 N–H and O–H groups in total. The van der Waals surface area contributed by atoms with Gasteiger partial charge in [0.25, 0.3) is 5.91 Å². The van der Waals surface area contributed by atoms with E-state index in [0.717, 1.165) is 24.1 Å². The number of nitrogens with zero attached hydrogens (tertiary/aromatic N) is 1. The highest BCUT2D eigenvalue weighted by atomic mass is 19.4. The van der Waals surface area contributed by atoms with E-state index in [2.05, 4.69) is 35.8 Å². The fraction of sp³-hybridized carbons (Fsp3) is 0.387. The van der Waals surface area contributed by atoms with Crippen molar-refractivity contribution in [2.24, 2.45) is 5.41 Å². The second-order valence-electron chi connectivity index (χ2n) is 10.9. The van der Waals surface area contributed by atoms with Crippen LogP contribution in [0.15, 0.2) is 66.9 Å². The molecule has 2 unspecified atom stereocenters. The topological polar surface area (TPSA) is 77.5 Å². The van der Waals surface area contributed by atoms with Crippen molar-refractivity contribution in [1.29, 1.82) is 0 Å². The van der Waals surface area contributed by atoms with E-state index in [0.29, 0.717) is 29.0 Å². The number of halogens is 3. The van der Waals surface area contributed by atoms with Crippen LogP contribution in [0.2, 0.25) is 0 Å². The SMILES string of the molecule is COC(=O)CC(C)NC(=O)c1ccc(OC(CCC(C)(C)C)c2ccc(-c3ccc(C(F)(F)F)cc3)nc2)cc1. The Hall–Kier alpha value is -3.88. The van der Waals surface area contributed by atoms with Gasteiger partial charge < -0.3 is 14.8 Å². The lowest BCUT2D eigenvalue weighted by Crippen LogP contribution is -2.34. The first-order chi connectivity index (χ1) is 18.7. The largest absolute Gasteiger partial charge is 0.486 e. The zero-order valence-electron chi connectivity index (χ0n) is 23.3. The van der Waals surface area contributed by atoms with Crippen LogP contribution in [0.3, 0.4) is 0 Å². The molecule has 0 fully saturated rings. The standard InChI is InChI=1S/C31H35F3N2O4/c1-20(18-28(37)39-5)36-29(38)22-8-13-25(14-9-22)40-27(16-17-30(2,3)4)23-10-15-26(35-19-23)21-6-11-24(12-7-21)31(32,33)34/h6-15,19-20,27H,16-18H2,1-5H3,(H,36,38). The maximum Gasteiger partial charge on any atom is 0.416 e. The highest BCUT2D eigenvalue weighted by Gasteiger charge is 2.30. The van der Waals surface area contributed by atoms with Crippen LogP contribution in [-0.2, 0) is 15.7 Å². The van der Waals surface area contributed by atoms with Gasteiger partial charge in [0.1, 0.15) is 11.9 Å². The molecule has 0 aliphatic carbocycles. The van der Waals surface area contributed by atoms with Gasteiger partial charge in [-0.05, 0) is 67.6 Å². The van der Waals surface area contributed by atoms with Gasteiger partial charge in [-0.15, -0.1) is 0 Å². The predicted octanol–water partition coefficient (Wildman–Crippen LogP) is 7.40. The van der Waals surface area contributed by atoms with Crippen molar-refractivity contribution in [2.45, 2.75) is 65.3 Å². The Morgan fingerprint density at radius 2 is 1.60 bits per heavy atom. The number of benzene rings is 2.